The number of para-hydroxylation sites is 1. The Bertz CT molecular complexity index is 474. The molecule has 0 aliphatic carbocycles. The minimum absolute atomic E-state index is 0.624. The molecule has 2 rings (SSSR count). The standard InChI is InChI=1S/C12H15NO2/c1-8-10(7-14-2)9-5-4-6-11(15-3)12(9)13-8/h4-6,13H,7H2,1-3H3. The first kappa shape index (κ1) is 10.1. The van der Waals surface area contributed by atoms with E-state index in [2.05, 4.69) is 11.1 Å². The van der Waals surface area contributed by atoms with Crippen LogP contribution in [0.2, 0.25) is 0 Å². The van der Waals surface area contributed by atoms with Crippen molar-refractivity contribution in [2.75, 3.05) is 14.2 Å². The zero-order chi connectivity index (χ0) is 10.8. The van der Waals surface area contributed by atoms with Gasteiger partial charge in [-0.25, -0.2) is 0 Å². The molecule has 1 aromatic carbocycles. The first-order valence-corrected chi connectivity index (χ1v) is 4.91. The number of hydrogen-bond donors (Lipinski definition) is 1. The van der Waals surface area contributed by atoms with Gasteiger partial charge in [0.2, 0.25) is 0 Å². The number of aromatic amines is 1. The number of ether oxygens (including phenoxy) is 2. The molecule has 0 radical (unpaired) electrons. The average molecular weight is 205 g/mol. The van der Waals surface area contributed by atoms with Gasteiger partial charge in [0.15, 0.2) is 0 Å². The number of fused-ring (bicyclic) bond motifs is 1. The summed E-state index contributed by atoms with van der Waals surface area (Å²) in [4.78, 5) is 3.33. The number of benzene rings is 1. The Morgan fingerprint density at radius 2 is 2.07 bits per heavy atom. The van der Waals surface area contributed by atoms with E-state index in [0.29, 0.717) is 6.61 Å². The topological polar surface area (TPSA) is 34.2 Å². The molecule has 3 heteroatoms. The Morgan fingerprint density at radius 1 is 1.27 bits per heavy atom. The minimum atomic E-state index is 0.624. The van der Waals surface area contributed by atoms with Crippen LogP contribution in [0.5, 0.6) is 5.75 Å². The monoisotopic (exact) mass is 205 g/mol. The smallest absolute Gasteiger partial charge is 0.142 e. The van der Waals surface area contributed by atoms with Crippen LogP contribution < -0.4 is 4.74 Å². The third-order valence-electron chi connectivity index (χ3n) is 2.63. The summed E-state index contributed by atoms with van der Waals surface area (Å²) in [7, 11) is 3.39. The number of rotatable bonds is 3. The molecule has 2 aromatic rings. The molecular weight excluding hydrogens is 190 g/mol. The van der Waals surface area contributed by atoms with Crippen LogP contribution in [0.4, 0.5) is 0 Å². The summed E-state index contributed by atoms with van der Waals surface area (Å²) >= 11 is 0. The second-order valence-corrected chi connectivity index (χ2v) is 3.54. The van der Waals surface area contributed by atoms with Crippen molar-refractivity contribution in [1.29, 1.82) is 0 Å². The lowest BCUT2D eigenvalue weighted by Crippen LogP contribution is -1.88. The van der Waals surface area contributed by atoms with E-state index >= 15 is 0 Å². The van der Waals surface area contributed by atoms with Gasteiger partial charge in [0, 0.05) is 23.8 Å². The summed E-state index contributed by atoms with van der Waals surface area (Å²) in [5.74, 6) is 0.873. The zero-order valence-electron chi connectivity index (χ0n) is 9.26. The summed E-state index contributed by atoms with van der Waals surface area (Å²) in [6, 6.07) is 6.03. The Balaban J connectivity index is 2.67. The Labute approximate surface area is 89.0 Å². The Hall–Kier alpha value is -1.48. The maximum atomic E-state index is 5.30. The van der Waals surface area contributed by atoms with Crippen LogP contribution in [0.15, 0.2) is 18.2 Å². The average Bonchev–Trinajstić information content (AvgIpc) is 2.56. The van der Waals surface area contributed by atoms with Crippen molar-refractivity contribution >= 4 is 10.9 Å². The summed E-state index contributed by atoms with van der Waals surface area (Å²) in [5, 5.41) is 1.17. The van der Waals surface area contributed by atoms with Crippen LogP contribution >= 0.6 is 0 Å². The number of H-pyrrole nitrogens is 1. The van der Waals surface area contributed by atoms with Crippen LogP contribution in [-0.4, -0.2) is 19.2 Å². The molecule has 3 nitrogen and oxygen atoms in total. The molecule has 1 heterocycles. The molecular formula is C12H15NO2. The number of methoxy groups -OCH3 is 2. The van der Waals surface area contributed by atoms with Gasteiger partial charge >= 0.3 is 0 Å². The highest BCUT2D eigenvalue weighted by Gasteiger charge is 2.10. The molecule has 0 bridgehead atoms. The highest BCUT2D eigenvalue weighted by Crippen LogP contribution is 2.29. The molecule has 80 valence electrons. The normalized spacial score (nSPS) is 10.9. The summed E-state index contributed by atoms with van der Waals surface area (Å²) in [6.45, 7) is 2.67. The van der Waals surface area contributed by atoms with Crippen LogP contribution in [0.25, 0.3) is 10.9 Å². The number of aryl methyl sites for hydroxylation is 1. The number of nitrogens with one attached hydrogen (secondary N) is 1. The van der Waals surface area contributed by atoms with Crippen LogP contribution in [-0.2, 0) is 11.3 Å². The van der Waals surface area contributed by atoms with Gasteiger partial charge in [0.25, 0.3) is 0 Å². The van der Waals surface area contributed by atoms with E-state index in [1.54, 1.807) is 14.2 Å². The predicted molar refractivity (Wildman–Crippen MR) is 60.3 cm³/mol. The van der Waals surface area contributed by atoms with Crippen molar-refractivity contribution in [3.05, 3.63) is 29.5 Å². The van der Waals surface area contributed by atoms with E-state index in [4.69, 9.17) is 9.47 Å². The van der Waals surface area contributed by atoms with Crippen LogP contribution in [0, 0.1) is 6.92 Å². The number of aromatic nitrogens is 1. The first-order chi connectivity index (χ1) is 7.27. The zero-order valence-corrected chi connectivity index (χ0v) is 9.26. The van der Waals surface area contributed by atoms with Gasteiger partial charge in [-0.2, -0.15) is 0 Å². The highest BCUT2D eigenvalue weighted by molar-refractivity contribution is 5.89. The number of hydrogen-bond acceptors (Lipinski definition) is 2. The quantitative estimate of drug-likeness (QED) is 0.835. The van der Waals surface area contributed by atoms with Gasteiger partial charge in [0.1, 0.15) is 5.75 Å². The lowest BCUT2D eigenvalue weighted by atomic mass is 10.1. The lowest BCUT2D eigenvalue weighted by Gasteiger charge is -2.01. The maximum absolute atomic E-state index is 5.30. The van der Waals surface area contributed by atoms with Gasteiger partial charge in [-0.3, -0.25) is 0 Å². The molecule has 0 saturated heterocycles. The molecule has 0 amide bonds. The highest BCUT2D eigenvalue weighted by atomic mass is 16.5. The third kappa shape index (κ3) is 1.59. The molecule has 0 spiro atoms. The fourth-order valence-corrected chi connectivity index (χ4v) is 1.88. The summed E-state index contributed by atoms with van der Waals surface area (Å²) < 4.78 is 10.5. The van der Waals surface area contributed by atoms with Crippen molar-refractivity contribution in [2.45, 2.75) is 13.5 Å². The van der Waals surface area contributed by atoms with E-state index in [9.17, 15) is 0 Å². The van der Waals surface area contributed by atoms with Gasteiger partial charge < -0.3 is 14.5 Å². The van der Waals surface area contributed by atoms with Crippen molar-refractivity contribution < 1.29 is 9.47 Å². The van der Waals surface area contributed by atoms with Gasteiger partial charge in [-0.1, -0.05) is 12.1 Å². The molecule has 0 fully saturated rings. The van der Waals surface area contributed by atoms with E-state index < -0.39 is 0 Å². The van der Waals surface area contributed by atoms with E-state index in [1.807, 2.05) is 19.1 Å². The molecule has 0 saturated carbocycles. The largest absolute Gasteiger partial charge is 0.495 e. The van der Waals surface area contributed by atoms with Crippen LogP contribution in [0.3, 0.4) is 0 Å². The van der Waals surface area contributed by atoms with Gasteiger partial charge in [0.05, 0.1) is 19.2 Å². The predicted octanol–water partition coefficient (Wildman–Crippen LogP) is 2.63. The maximum Gasteiger partial charge on any atom is 0.142 e. The van der Waals surface area contributed by atoms with E-state index in [-0.39, 0.29) is 0 Å². The minimum Gasteiger partial charge on any atom is -0.495 e. The molecule has 0 aliphatic heterocycles. The van der Waals surface area contributed by atoms with Crippen molar-refractivity contribution in [1.82, 2.24) is 4.98 Å². The van der Waals surface area contributed by atoms with Crippen molar-refractivity contribution in [3.8, 4) is 5.75 Å². The fourth-order valence-electron chi connectivity index (χ4n) is 1.88. The van der Waals surface area contributed by atoms with E-state index in [1.165, 1.54) is 10.9 Å². The Kier molecular flexibility index (Phi) is 2.64. The summed E-state index contributed by atoms with van der Waals surface area (Å²) in [6.07, 6.45) is 0. The van der Waals surface area contributed by atoms with Crippen molar-refractivity contribution in [3.63, 3.8) is 0 Å². The molecule has 1 N–H and O–H groups in total. The fraction of sp³-hybridized carbons (Fsp3) is 0.333. The molecule has 0 unspecified atom stereocenters. The SMILES string of the molecule is COCc1c(C)[nH]c2c(OC)cccc12. The molecule has 15 heavy (non-hydrogen) atoms. The van der Waals surface area contributed by atoms with E-state index in [0.717, 1.165) is 17.0 Å². The summed E-state index contributed by atoms with van der Waals surface area (Å²) in [5.41, 5.74) is 3.38. The lowest BCUT2D eigenvalue weighted by molar-refractivity contribution is 0.185. The molecule has 0 aliphatic rings. The molecule has 1 aromatic heterocycles. The Morgan fingerprint density at radius 3 is 2.73 bits per heavy atom. The third-order valence-corrected chi connectivity index (χ3v) is 2.63. The van der Waals surface area contributed by atoms with Crippen molar-refractivity contribution in [2.24, 2.45) is 0 Å². The van der Waals surface area contributed by atoms with Gasteiger partial charge in [-0.15, -0.1) is 0 Å². The second-order valence-electron chi connectivity index (χ2n) is 3.54. The first-order valence-electron chi connectivity index (χ1n) is 4.91. The second kappa shape index (κ2) is 3.95. The van der Waals surface area contributed by atoms with Crippen LogP contribution in [0.1, 0.15) is 11.3 Å². The van der Waals surface area contributed by atoms with Gasteiger partial charge in [-0.05, 0) is 13.0 Å². The molecule has 0 atom stereocenters.